The number of aryl methyl sites for hydroxylation is 1. The van der Waals surface area contributed by atoms with Gasteiger partial charge in [0.25, 0.3) is 5.91 Å². The number of fused-ring (bicyclic) bond motifs is 1. The third kappa shape index (κ3) is 4.66. The van der Waals surface area contributed by atoms with Gasteiger partial charge in [-0.05, 0) is 62.7 Å². The molecule has 3 rings (SSSR count). The highest BCUT2D eigenvalue weighted by molar-refractivity contribution is 6.31. The van der Waals surface area contributed by atoms with Crippen molar-refractivity contribution in [2.45, 2.75) is 38.8 Å². The van der Waals surface area contributed by atoms with Gasteiger partial charge in [-0.25, -0.2) is 0 Å². The van der Waals surface area contributed by atoms with Crippen LogP contribution in [0.4, 0.5) is 0 Å². The van der Waals surface area contributed by atoms with E-state index in [1.165, 1.54) is 0 Å². The van der Waals surface area contributed by atoms with E-state index in [4.69, 9.17) is 25.8 Å². The van der Waals surface area contributed by atoms with Crippen molar-refractivity contribution >= 4 is 17.5 Å². The van der Waals surface area contributed by atoms with E-state index in [1.807, 2.05) is 45.0 Å². The lowest BCUT2D eigenvalue weighted by Crippen LogP contribution is -2.42. The average Bonchev–Trinajstić information content (AvgIpc) is 2.61. The summed E-state index contributed by atoms with van der Waals surface area (Å²) in [5.74, 6) is 1.90. The first-order valence-electron chi connectivity index (χ1n) is 8.83. The van der Waals surface area contributed by atoms with Crippen molar-refractivity contribution in [2.24, 2.45) is 0 Å². The lowest BCUT2D eigenvalue weighted by molar-refractivity contribution is -0.124. The van der Waals surface area contributed by atoms with Gasteiger partial charge in [0.05, 0.1) is 13.2 Å². The van der Waals surface area contributed by atoms with Crippen LogP contribution < -0.4 is 19.5 Å². The van der Waals surface area contributed by atoms with Crippen LogP contribution in [-0.4, -0.2) is 25.2 Å². The second-order valence-corrected chi connectivity index (χ2v) is 7.70. The van der Waals surface area contributed by atoms with Gasteiger partial charge in [-0.3, -0.25) is 4.79 Å². The minimum atomic E-state index is -0.381. The molecule has 0 saturated carbocycles. The van der Waals surface area contributed by atoms with Crippen LogP contribution in [0.15, 0.2) is 36.4 Å². The zero-order valence-electron chi connectivity index (χ0n) is 16.0. The fraction of sp³-hybridized carbons (Fsp3) is 0.381. The van der Waals surface area contributed by atoms with Crippen molar-refractivity contribution in [1.29, 1.82) is 0 Å². The number of ether oxygens (including phenoxy) is 3. The Labute approximate surface area is 164 Å². The van der Waals surface area contributed by atoms with Crippen LogP contribution in [0.25, 0.3) is 0 Å². The van der Waals surface area contributed by atoms with E-state index in [9.17, 15) is 4.79 Å². The number of carbonyl (C=O) groups is 1. The van der Waals surface area contributed by atoms with Gasteiger partial charge in [-0.1, -0.05) is 11.6 Å². The highest BCUT2D eigenvalue weighted by Crippen LogP contribution is 2.41. The van der Waals surface area contributed by atoms with Crippen LogP contribution in [-0.2, 0) is 4.79 Å². The molecule has 0 spiro atoms. The Balaban J connectivity index is 1.70. The fourth-order valence-electron chi connectivity index (χ4n) is 3.18. The Morgan fingerprint density at radius 2 is 2.00 bits per heavy atom. The zero-order chi connectivity index (χ0) is 19.6. The van der Waals surface area contributed by atoms with Crippen LogP contribution in [0.3, 0.4) is 0 Å². The summed E-state index contributed by atoms with van der Waals surface area (Å²) in [6, 6.07) is 10.8. The molecule has 1 amide bonds. The number of amides is 1. The van der Waals surface area contributed by atoms with Crippen molar-refractivity contribution in [2.75, 3.05) is 13.7 Å². The predicted molar refractivity (Wildman–Crippen MR) is 105 cm³/mol. The summed E-state index contributed by atoms with van der Waals surface area (Å²) in [7, 11) is 1.62. The van der Waals surface area contributed by atoms with E-state index in [0.29, 0.717) is 17.2 Å². The first-order valence-corrected chi connectivity index (χ1v) is 9.20. The Morgan fingerprint density at radius 1 is 1.26 bits per heavy atom. The third-order valence-corrected chi connectivity index (χ3v) is 4.93. The molecule has 0 fully saturated rings. The second-order valence-electron chi connectivity index (χ2n) is 7.29. The number of methoxy groups -OCH3 is 1. The molecule has 1 atom stereocenters. The number of benzene rings is 2. The van der Waals surface area contributed by atoms with E-state index < -0.39 is 0 Å². The molecule has 0 bridgehead atoms. The van der Waals surface area contributed by atoms with Gasteiger partial charge in [-0.2, -0.15) is 0 Å². The summed E-state index contributed by atoms with van der Waals surface area (Å²) >= 11 is 6.01. The van der Waals surface area contributed by atoms with Gasteiger partial charge in [0, 0.05) is 17.0 Å². The van der Waals surface area contributed by atoms with Crippen LogP contribution in [0.5, 0.6) is 17.2 Å². The minimum absolute atomic E-state index is 0.0713. The van der Waals surface area contributed by atoms with E-state index >= 15 is 0 Å². The maximum Gasteiger partial charge on any atom is 0.258 e. The number of hydrogen-bond acceptors (Lipinski definition) is 4. The molecule has 1 aliphatic rings. The highest BCUT2D eigenvalue weighted by Gasteiger charge is 2.34. The summed E-state index contributed by atoms with van der Waals surface area (Å²) in [5, 5.41) is 3.72. The SMILES string of the molecule is COc1ccc2c(c1)[C@@H](NC(=O)COc1ccc(Cl)c(C)c1)CC(C)(C)O2. The van der Waals surface area contributed by atoms with Crippen molar-refractivity contribution in [3.63, 3.8) is 0 Å². The van der Waals surface area contributed by atoms with Gasteiger partial charge in [-0.15, -0.1) is 0 Å². The largest absolute Gasteiger partial charge is 0.497 e. The van der Waals surface area contributed by atoms with Crippen LogP contribution in [0.1, 0.15) is 37.4 Å². The van der Waals surface area contributed by atoms with Gasteiger partial charge in [0.2, 0.25) is 0 Å². The predicted octanol–water partition coefficient (Wildman–Crippen LogP) is 4.45. The standard InChI is InChI=1S/C21H24ClNO4/c1-13-9-15(5-7-17(13)22)26-12-20(24)23-18-11-21(2,3)27-19-8-6-14(25-4)10-16(18)19/h5-10,18H,11-12H2,1-4H3,(H,23,24)/t18-/m0/s1. The summed E-state index contributed by atoms with van der Waals surface area (Å²) < 4.78 is 16.9. The number of carbonyl (C=O) groups excluding carboxylic acids is 1. The molecule has 1 aliphatic heterocycles. The molecule has 0 unspecified atom stereocenters. The van der Waals surface area contributed by atoms with Gasteiger partial charge in [0.1, 0.15) is 22.8 Å². The molecule has 27 heavy (non-hydrogen) atoms. The summed E-state index contributed by atoms with van der Waals surface area (Å²) in [4.78, 5) is 12.5. The van der Waals surface area contributed by atoms with Crippen molar-refractivity contribution in [1.82, 2.24) is 5.32 Å². The molecule has 2 aromatic carbocycles. The van der Waals surface area contributed by atoms with Crippen molar-refractivity contribution in [3.05, 3.63) is 52.5 Å². The first-order chi connectivity index (χ1) is 12.8. The van der Waals surface area contributed by atoms with Crippen LogP contribution in [0, 0.1) is 6.92 Å². The molecule has 0 radical (unpaired) electrons. The van der Waals surface area contributed by atoms with Crippen LogP contribution >= 0.6 is 11.6 Å². The van der Waals surface area contributed by atoms with Gasteiger partial charge >= 0.3 is 0 Å². The zero-order valence-corrected chi connectivity index (χ0v) is 16.7. The van der Waals surface area contributed by atoms with E-state index in [0.717, 1.165) is 22.6 Å². The summed E-state index contributed by atoms with van der Waals surface area (Å²) in [5.41, 5.74) is 1.43. The smallest absolute Gasteiger partial charge is 0.258 e. The number of nitrogens with one attached hydrogen (secondary N) is 1. The number of halogens is 1. The summed E-state index contributed by atoms with van der Waals surface area (Å²) in [6.45, 7) is 5.83. The van der Waals surface area contributed by atoms with Gasteiger partial charge in [0.15, 0.2) is 6.61 Å². The quantitative estimate of drug-likeness (QED) is 0.820. The molecule has 144 valence electrons. The van der Waals surface area contributed by atoms with Crippen molar-refractivity contribution in [3.8, 4) is 17.2 Å². The van der Waals surface area contributed by atoms with E-state index in [1.54, 1.807) is 19.2 Å². The molecule has 5 nitrogen and oxygen atoms in total. The van der Waals surface area contributed by atoms with Gasteiger partial charge < -0.3 is 19.5 Å². The molecule has 1 N–H and O–H groups in total. The molecular formula is C21H24ClNO4. The topological polar surface area (TPSA) is 56.8 Å². The Bertz CT molecular complexity index is 850. The number of hydrogen-bond donors (Lipinski definition) is 1. The molecule has 2 aromatic rings. The molecule has 0 aromatic heterocycles. The maximum atomic E-state index is 12.5. The van der Waals surface area contributed by atoms with E-state index in [-0.39, 0.29) is 24.2 Å². The van der Waals surface area contributed by atoms with Crippen LogP contribution in [0.2, 0.25) is 5.02 Å². The van der Waals surface area contributed by atoms with Crippen molar-refractivity contribution < 1.29 is 19.0 Å². The molecule has 0 saturated heterocycles. The second kappa shape index (κ2) is 7.69. The summed E-state index contributed by atoms with van der Waals surface area (Å²) in [6.07, 6.45) is 0.652. The maximum absolute atomic E-state index is 12.5. The molecule has 1 heterocycles. The molecule has 0 aliphatic carbocycles. The molecule has 6 heteroatoms. The average molecular weight is 390 g/mol. The Hall–Kier alpha value is -2.40. The van der Waals surface area contributed by atoms with E-state index in [2.05, 4.69) is 5.32 Å². The highest BCUT2D eigenvalue weighted by atomic mass is 35.5. The normalized spacial score (nSPS) is 17.4. The monoisotopic (exact) mass is 389 g/mol. The fourth-order valence-corrected chi connectivity index (χ4v) is 3.30. The lowest BCUT2D eigenvalue weighted by atomic mass is 9.89. The Morgan fingerprint density at radius 3 is 2.70 bits per heavy atom. The minimum Gasteiger partial charge on any atom is -0.497 e. The first kappa shape index (κ1) is 19.4. The lowest BCUT2D eigenvalue weighted by Gasteiger charge is -2.38. The third-order valence-electron chi connectivity index (χ3n) is 4.51. The molecular weight excluding hydrogens is 366 g/mol. The number of rotatable bonds is 5. The Kier molecular flexibility index (Phi) is 5.51.